The fraction of sp³-hybridized carbons (Fsp3) is 0.762. The number of hydrogen-bond acceptors (Lipinski definition) is 5. The minimum absolute atomic E-state index is 0.189. The molecule has 1 N–H and O–H groups in total. The van der Waals surface area contributed by atoms with E-state index in [-0.39, 0.29) is 5.92 Å². The zero-order valence-corrected chi connectivity index (χ0v) is 16.8. The van der Waals surface area contributed by atoms with E-state index in [4.69, 9.17) is 4.98 Å². The number of carbonyl (C=O) groups is 1. The predicted molar refractivity (Wildman–Crippen MR) is 107 cm³/mol. The molecule has 1 aromatic rings. The highest BCUT2D eigenvalue weighted by molar-refractivity contribution is 5.79. The van der Waals surface area contributed by atoms with E-state index in [1.54, 1.807) is 0 Å². The van der Waals surface area contributed by atoms with Crippen LogP contribution in [-0.2, 0) is 11.2 Å². The molecule has 27 heavy (non-hydrogen) atoms. The van der Waals surface area contributed by atoms with E-state index in [1.165, 1.54) is 18.4 Å². The van der Waals surface area contributed by atoms with Crippen LogP contribution in [0, 0.1) is 12.8 Å². The molecule has 0 unspecified atom stereocenters. The molecule has 0 spiro atoms. The number of piperidine rings is 2. The first-order valence-corrected chi connectivity index (χ1v) is 10.8. The van der Waals surface area contributed by atoms with Crippen molar-refractivity contribution in [1.82, 2.24) is 20.2 Å². The number of hydrogen-bond donors (Lipinski definition) is 1. The van der Waals surface area contributed by atoms with Gasteiger partial charge in [0.2, 0.25) is 5.91 Å². The standard InChI is InChI=1S/C21H33N5O/c1-3-16-13-22-15(2)23-20(16)25-11-8-19(9-12-25)26-10-4-5-17(14-26)21(27)24-18-6-7-18/h13,17-19H,3-12,14H2,1-2H3,(H,24,27)/t17-/m0/s1. The van der Waals surface area contributed by atoms with Gasteiger partial charge in [-0.25, -0.2) is 9.97 Å². The summed E-state index contributed by atoms with van der Waals surface area (Å²) in [7, 11) is 0. The summed E-state index contributed by atoms with van der Waals surface area (Å²) in [5.74, 6) is 2.46. The summed E-state index contributed by atoms with van der Waals surface area (Å²) in [6.07, 6.45) is 9.80. The van der Waals surface area contributed by atoms with Crippen molar-refractivity contribution in [3.63, 3.8) is 0 Å². The third-order valence-corrected chi connectivity index (χ3v) is 6.37. The van der Waals surface area contributed by atoms with Gasteiger partial charge in [0.1, 0.15) is 11.6 Å². The Morgan fingerprint density at radius 2 is 1.96 bits per heavy atom. The van der Waals surface area contributed by atoms with E-state index < -0.39 is 0 Å². The third kappa shape index (κ3) is 4.42. The quantitative estimate of drug-likeness (QED) is 0.861. The van der Waals surface area contributed by atoms with Crippen LogP contribution in [-0.4, -0.2) is 59.0 Å². The summed E-state index contributed by atoms with van der Waals surface area (Å²) in [6, 6.07) is 1.07. The molecule has 0 radical (unpaired) electrons. The monoisotopic (exact) mass is 371 g/mol. The van der Waals surface area contributed by atoms with Crippen LogP contribution in [0.2, 0.25) is 0 Å². The van der Waals surface area contributed by atoms with Crippen LogP contribution in [0.5, 0.6) is 0 Å². The minimum Gasteiger partial charge on any atom is -0.356 e. The maximum absolute atomic E-state index is 12.5. The third-order valence-electron chi connectivity index (χ3n) is 6.37. The van der Waals surface area contributed by atoms with Gasteiger partial charge in [0.25, 0.3) is 0 Å². The molecule has 0 bridgehead atoms. The van der Waals surface area contributed by atoms with Gasteiger partial charge in [-0.15, -0.1) is 0 Å². The Morgan fingerprint density at radius 3 is 2.67 bits per heavy atom. The number of amides is 1. The van der Waals surface area contributed by atoms with Crippen LogP contribution in [0.15, 0.2) is 6.20 Å². The lowest BCUT2D eigenvalue weighted by Gasteiger charge is -2.42. The van der Waals surface area contributed by atoms with E-state index >= 15 is 0 Å². The molecule has 3 fully saturated rings. The van der Waals surface area contributed by atoms with Gasteiger partial charge >= 0.3 is 0 Å². The Hall–Kier alpha value is -1.69. The lowest BCUT2D eigenvalue weighted by molar-refractivity contribution is -0.127. The van der Waals surface area contributed by atoms with Crippen molar-refractivity contribution < 1.29 is 4.79 Å². The molecule has 3 heterocycles. The van der Waals surface area contributed by atoms with Gasteiger partial charge in [-0.3, -0.25) is 9.69 Å². The number of carbonyl (C=O) groups excluding carboxylic acids is 1. The lowest BCUT2D eigenvalue weighted by atomic mass is 9.93. The van der Waals surface area contributed by atoms with E-state index in [9.17, 15) is 4.79 Å². The maximum atomic E-state index is 12.5. The average molecular weight is 372 g/mol. The summed E-state index contributed by atoms with van der Waals surface area (Å²) < 4.78 is 0. The summed E-state index contributed by atoms with van der Waals surface area (Å²) >= 11 is 0. The van der Waals surface area contributed by atoms with E-state index in [2.05, 4.69) is 27.0 Å². The van der Waals surface area contributed by atoms with E-state index in [0.717, 1.165) is 69.9 Å². The zero-order chi connectivity index (χ0) is 18.8. The second kappa shape index (κ2) is 8.13. The number of likely N-dealkylation sites (tertiary alicyclic amines) is 1. The van der Waals surface area contributed by atoms with Gasteiger partial charge < -0.3 is 10.2 Å². The van der Waals surface area contributed by atoms with Crippen molar-refractivity contribution in [2.45, 2.75) is 70.9 Å². The number of anilines is 1. The smallest absolute Gasteiger partial charge is 0.224 e. The molecule has 1 amide bonds. The Labute approximate surface area is 162 Å². The van der Waals surface area contributed by atoms with E-state index in [0.29, 0.717) is 18.0 Å². The fourth-order valence-corrected chi connectivity index (χ4v) is 4.55. The van der Waals surface area contributed by atoms with Gasteiger partial charge in [0.15, 0.2) is 0 Å². The van der Waals surface area contributed by atoms with Crippen LogP contribution in [0.1, 0.15) is 56.8 Å². The van der Waals surface area contributed by atoms with Gasteiger partial charge in [0.05, 0.1) is 5.92 Å². The maximum Gasteiger partial charge on any atom is 0.224 e. The van der Waals surface area contributed by atoms with Crippen molar-refractivity contribution in [3.05, 3.63) is 17.6 Å². The molecule has 3 aliphatic rings. The van der Waals surface area contributed by atoms with Gasteiger partial charge in [-0.2, -0.15) is 0 Å². The molecular formula is C21H33N5O. The summed E-state index contributed by atoms with van der Waals surface area (Å²) in [5, 5.41) is 3.21. The number of nitrogens with one attached hydrogen (secondary N) is 1. The second-order valence-electron chi connectivity index (χ2n) is 8.45. The Morgan fingerprint density at radius 1 is 1.19 bits per heavy atom. The molecule has 0 aromatic carbocycles. The SMILES string of the molecule is CCc1cnc(C)nc1N1CCC(N2CCC[C@H](C(=O)NC3CC3)C2)CC1. The minimum atomic E-state index is 0.189. The van der Waals surface area contributed by atoms with Gasteiger partial charge in [-0.1, -0.05) is 6.92 Å². The molecule has 1 saturated carbocycles. The lowest BCUT2D eigenvalue weighted by Crippen LogP contribution is -2.51. The van der Waals surface area contributed by atoms with Crippen LogP contribution in [0.25, 0.3) is 0 Å². The highest BCUT2D eigenvalue weighted by Crippen LogP contribution is 2.28. The number of rotatable bonds is 5. The Bertz CT molecular complexity index is 667. The summed E-state index contributed by atoms with van der Waals surface area (Å²) in [5.41, 5.74) is 1.24. The first kappa shape index (κ1) is 18.7. The van der Waals surface area contributed by atoms with Crippen LogP contribution in [0.3, 0.4) is 0 Å². The first-order valence-electron chi connectivity index (χ1n) is 10.8. The van der Waals surface area contributed by atoms with Crippen LogP contribution in [0.4, 0.5) is 5.82 Å². The van der Waals surface area contributed by atoms with Crippen LogP contribution >= 0.6 is 0 Å². The Balaban J connectivity index is 1.33. The van der Waals surface area contributed by atoms with Crippen molar-refractivity contribution in [3.8, 4) is 0 Å². The highest BCUT2D eigenvalue weighted by atomic mass is 16.2. The first-order chi connectivity index (χ1) is 13.1. The van der Waals surface area contributed by atoms with E-state index in [1.807, 2.05) is 13.1 Å². The second-order valence-corrected chi connectivity index (χ2v) is 8.45. The topological polar surface area (TPSA) is 61.4 Å². The molecule has 2 aliphatic heterocycles. The zero-order valence-electron chi connectivity index (χ0n) is 16.8. The largest absolute Gasteiger partial charge is 0.356 e. The predicted octanol–water partition coefficient (Wildman–Crippen LogP) is 2.31. The number of aromatic nitrogens is 2. The molecule has 1 aliphatic carbocycles. The molecule has 4 rings (SSSR count). The molecule has 2 saturated heterocycles. The molecular weight excluding hydrogens is 338 g/mol. The summed E-state index contributed by atoms with van der Waals surface area (Å²) in [6.45, 7) is 8.31. The normalized spacial score (nSPS) is 24.8. The molecule has 1 aromatic heterocycles. The average Bonchev–Trinajstić information content (AvgIpc) is 3.52. The highest BCUT2D eigenvalue weighted by Gasteiger charge is 2.34. The Kier molecular flexibility index (Phi) is 5.62. The summed E-state index contributed by atoms with van der Waals surface area (Å²) in [4.78, 5) is 26.6. The molecule has 6 nitrogen and oxygen atoms in total. The number of aryl methyl sites for hydroxylation is 2. The van der Waals surface area contributed by atoms with Gasteiger partial charge in [-0.05, 0) is 58.4 Å². The fourth-order valence-electron chi connectivity index (χ4n) is 4.55. The van der Waals surface area contributed by atoms with Crippen LogP contribution < -0.4 is 10.2 Å². The van der Waals surface area contributed by atoms with Crippen molar-refractivity contribution in [1.29, 1.82) is 0 Å². The van der Waals surface area contributed by atoms with Crippen molar-refractivity contribution in [2.75, 3.05) is 31.1 Å². The van der Waals surface area contributed by atoms with Crippen molar-refractivity contribution >= 4 is 11.7 Å². The molecule has 148 valence electrons. The van der Waals surface area contributed by atoms with Gasteiger partial charge in [0, 0.05) is 43.5 Å². The van der Waals surface area contributed by atoms with Crippen molar-refractivity contribution in [2.24, 2.45) is 5.92 Å². The molecule has 1 atom stereocenters. The molecule has 6 heteroatoms. The number of nitrogens with zero attached hydrogens (tertiary/aromatic N) is 4.